The summed E-state index contributed by atoms with van der Waals surface area (Å²) in [5, 5.41) is 8.85. The molecule has 0 unspecified atom stereocenters. The van der Waals surface area contributed by atoms with Crippen molar-refractivity contribution in [2.24, 2.45) is 0 Å². The van der Waals surface area contributed by atoms with Gasteiger partial charge in [0.15, 0.2) is 0 Å². The van der Waals surface area contributed by atoms with E-state index in [2.05, 4.69) is 6.07 Å². The number of aliphatic hydroxyl groups is 1. The molecule has 0 saturated heterocycles. The molecule has 0 saturated carbocycles. The molecule has 0 radical (unpaired) electrons. The lowest BCUT2D eigenvalue weighted by Gasteiger charge is -2.08. The SMILES string of the molecule is CC(=O)CCc1cccc2c1C[C@@H](CCCO)O2. The predicted molar refractivity (Wildman–Crippen MR) is 69.9 cm³/mol. The van der Waals surface area contributed by atoms with Crippen molar-refractivity contribution < 1.29 is 14.6 Å². The minimum absolute atomic E-state index is 0.186. The van der Waals surface area contributed by atoms with Crippen LogP contribution < -0.4 is 4.74 Å². The van der Waals surface area contributed by atoms with Crippen molar-refractivity contribution in [1.29, 1.82) is 0 Å². The molecule has 18 heavy (non-hydrogen) atoms. The number of carbonyl (C=O) groups is 1. The number of aryl methyl sites for hydroxylation is 1. The smallest absolute Gasteiger partial charge is 0.130 e. The van der Waals surface area contributed by atoms with Crippen molar-refractivity contribution in [2.75, 3.05) is 6.61 Å². The van der Waals surface area contributed by atoms with Crippen molar-refractivity contribution in [1.82, 2.24) is 0 Å². The van der Waals surface area contributed by atoms with E-state index in [9.17, 15) is 4.79 Å². The van der Waals surface area contributed by atoms with Crippen LogP contribution in [0, 0.1) is 0 Å². The molecule has 2 rings (SSSR count). The Balaban J connectivity index is 2.04. The molecule has 1 aliphatic rings. The van der Waals surface area contributed by atoms with E-state index in [0.29, 0.717) is 6.42 Å². The van der Waals surface area contributed by atoms with E-state index < -0.39 is 0 Å². The topological polar surface area (TPSA) is 46.5 Å². The van der Waals surface area contributed by atoms with E-state index in [0.717, 1.165) is 31.4 Å². The second-order valence-electron chi connectivity index (χ2n) is 4.91. The zero-order chi connectivity index (χ0) is 13.0. The van der Waals surface area contributed by atoms with E-state index >= 15 is 0 Å². The van der Waals surface area contributed by atoms with E-state index in [-0.39, 0.29) is 18.5 Å². The van der Waals surface area contributed by atoms with Crippen LogP contribution in [0.15, 0.2) is 18.2 Å². The lowest BCUT2D eigenvalue weighted by molar-refractivity contribution is -0.116. The summed E-state index contributed by atoms with van der Waals surface area (Å²) in [5.41, 5.74) is 2.48. The molecule has 0 amide bonds. The highest BCUT2D eigenvalue weighted by atomic mass is 16.5. The maximum absolute atomic E-state index is 11.1. The first kappa shape index (κ1) is 13.1. The number of hydrogen-bond donors (Lipinski definition) is 1. The van der Waals surface area contributed by atoms with E-state index in [1.807, 2.05) is 12.1 Å². The first-order valence-electron chi connectivity index (χ1n) is 6.58. The van der Waals surface area contributed by atoms with Gasteiger partial charge < -0.3 is 14.6 Å². The van der Waals surface area contributed by atoms with Crippen molar-refractivity contribution >= 4 is 5.78 Å². The molecule has 3 heteroatoms. The molecular weight excluding hydrogens is 228 g/mol. The summed E-state index contributed by atoms with van der Waals surface area (Å²) >= 11 is 0. The summed E-state index contributed by atoms with van der Waals surface area (Å²) in [4.78, 5) is 11.1. The third kappa shape index (κ3) is 3.10. The summed E-state index contributed by atoms with van der Waals surface area (Å²) in [5.74, 6) is 1.18. The zero-order valence-corrected chi connectivity index (χ0v) is 10.8. The molecule has 1 aliphatic heterocycles. The third-order valence-corrected chi connectivity index (χ3v) is 3.39. The predicted octanol–water partition coefficient (Wildman–Crippen LogP) is 2.28. The number of carbonyl (C=O) groups excluding carboxylic acids is 1. The molecule has 1 aromatic rings. The van der Waals surface area contributed by atoms with Gasteiger partial charge in [0.05, 0.1) is 0 Å². The van der Waals surface area contributed by atoms with Gasteiger partial charge in [-0.1, -0.05) is 12.1 Å². The van der Waals surface area contributed by atoms with Crippen LogP contribution in [-0.4, -0.2) is 23.6 Å². The van der Waals surface area contributed by atoms with Crippen LogP contribution in [-0.2, 0) is 17.6 Å². The van der Waals surface area contributed by atoms with Gasteiger partial charge in [-0.25, -0.2) is 0 Å². The van der Waals surface area contributed by atoms with E-state index in [1.54, 1.807) is 6.92 Å². The van der Waals surface area contributed by atoms with Crippen LogP contribution in [0.1, 0.15) is 37.3 Å². The van der Waals surface area contributed by atoms with Crippen LogP contribution in [0.5, 0.6) is 5.75 Å². The molecular formula is C15H20O3. The highest BCUT2D eigenvalue weighted by Crippen LogP contribution is 2.33. The Morgan fingerprint density at radius 3 is 3.06 bits per heavy atom. The van der Waals surface area contributed by atoms with Gasteiger partial charge in [0.2, 0.25) is 0 Å². The fraction of sp³-hybridized carbons (Fsp3) is 0.533. The van der Waals surface area contributed by atoms with Gasteiger partial charge in [0.25, 0.3) is 0 Å². The zero-order valence-electron chi connectivity index (χ0n) is 10.8. The monoisotopic (exact) mass is 248 g/mol. The number of ether oxygens (including phenoxy) is 1. The first-order valence-corrected chi connectivity index (χ1v) is 6.58. The minimum Gasteiger partial charge on any atom is -0.490 e. The summed E-state index contributed by atoms with van der Waals surface area (Å²) in [7, 11) is 0. The van der Waals surface area contributed by atoms with Gasteiger partial charge in [0, 0.05) is 25.0 Å². The van der Waals surface area contributed by atoms with E-state index in [1.165, 1.54) is 11.1 Å². The molecule has 1 heterocycles. The fourth-order valence-electron chi connectivity index (χ4n) is 2.43. The van der Waals surface area contributed by atoms with Gasteiger partial charge in [-0.05, 0) is 37.8 Å². The molecule has 0 spiro atoms. The quantitative estimate of drug-likeness (QED) is 0.840. The van der Waals surface area contributed by atoms with Gasteiger partial charge in [-0.3, -0.25) is 0 Å². The van der Waals surface area contributed by atoms with Crippen molar-refractivity contribution in [3.05, 3.63) is 29.3 Å². The maximum atomic E-state index is 11.1. The Kier molecular flexibility index (Phi) is 4.37. The summed E-state index contributed by atoms with van der Waals surface area (Å²) in [6.07, 6.45) is 4.15. The molecule has 1 N–H and O–H groups in total. The number of aliphatic hydroxyl groups excluding tert-OH is 1. The van der Waals surface area contributed by atoms with Crippen molar-refractivity contribution in [2.45, 2.75) is 45.1 Å². The number of rotatable bonds is 6. The largest absolute Gasteiger partial charge is 0.490 e. The van der Waals surface area contributed by atoms with Gasteiger partial charge in [-0.2, -0.15) is 0 Å². The molecule has 98 valence electrons. The Labute approximate surface area is 108 Å². The average Bonchev–Trinajstić information content (AvgIpc) is 2.76. The molecule has 0 aliphatic carbocycles. The minimum atomic E-state index is 0.186. The molecule has 0 bridgehead atoms. The molecule has 0 aromatic heterocycles. The summed E-state index contributed by atoms with van der Waals surface area (Å²) in [6, 6.07) is 6.06. The number of ketones is 1. The van der Waals surface area contributed by atoms with Crippen LogP contribution >= 0.6 is 0 Å². The second kappa shape index (κ2) is 6.01. The first-order chi connectivity index (χ1) is 8.70. The Hall–Kier alpha value is -1.35. The van der Waals surface area contributed by atoms with Gasteiger partial charge in [0.1, 0.15) is 17.6 Å². The van der Waals surface area contributed by atoms with Gasteiger partial charge in [-0.15, -0.1) is 0 Å². The lowest BCUT2D eigenvalue weighted by Crippen LogP contribution is -2.13. The average molecular weight is 248 g/mol. The molecule has 0 fully saturated rings. The number of Topliss-reactive ketones (excluding diaryl/α,β-unsaturated/α-hetero) is 1. The normalized spacial score (nSPS) is 17.3. The Morgan fingerprint density at radius 1 is 1.50 bits per heavy atom. The fourth-order valence-corrected chi connectivity index (χ4v) is 2.43. The van der Waals surface area contributed by atoms with Crippen LogP contribution in [0.4, 0.5) is 0 Å². The molecule has 1 aromatic carbocycles. The van der Waals surface area contributed by atoms with E-state index in [4.69, 9.17) is 9.84 Å². The second-order valence-corrected chi connectivity index (χ2v) is 4.91. The highest BCUT2D eigenvalue weighted by molar-refractivity contribution is 5.75. The van der Waals surface area contributed by atoms with Crippen LogP contribution in [0.25, 0.3) is 0 Å². The summed E-state index contributed by atoms with van der Waals surface area (Å²) < 4.78 is 5.86. The van der Waals surface area contributed by atoms with Crippen LogP contribution in [0.2, 0.25) is 0 Å². The standard InChI is InChI=1S/C15H20O3/c1-11(17)7-8-12-4-2-6-15-14(12)10-13(18-15)5-3-9-16/h2,4,6,13,16H,3,5,7-10H2,1H3/t13-/m1/s1. The third-order valence-electron chi connectivity index (χ3n) is 3.39. The number of benzene rings is 1. The van der Waals surface area contributed by atoms with Crippen molar-refractivity contribution in [3.63, 3.8) is 0 Å². The highest BCUT2D eigenvalue weighted by Gasteiger charge is 2.24. The number of hydrogen-bond acceptors (Lipinski definition) is 3. The summed E-state index contributed by atoms with van der Waals surface area (Å²) in [6.45, 7) is 1.84. The Morgan fingerprint density at radius 2 is 2.33 bits per heavy atom. The number of fused-ring (bicyclic) bond motifs is 1. The molecule has 1 atom stereocenters. The molecule has 3 nitrogen and oxygen atoms in total. The maximum Gasteiger partial charge on any atom is 0.130 e. The lowest BCUT2D eigenvalue weighted by atomic mass is 9.97. The van der Waals surface area contributed by atoms with Gasteiger partial charge >= 0.3 is 0 Å². The van der Waals surface area contributed by atoms with Crippen molar-refractivity contribution in [3.8, 4) is 5.75 Å². The van der Waals surface area contributed by atoms with Crippen LogP contribution in [0.3, 0.4) is 0 Å². The Bertz CT molecular complexity index is 426.